The van der Waals surface area contributed by atoms with E-state index < -0.39 is 0 Å². The first kappa shape index (κ1) is 8.62. The van der Waals surface area contributed by atoms with Crippen LogP contribution >= 0.6 is 11.8 Å². The lowest BCUT2D eigenvalue weighted by atomic mass is 10.2. The second-order valence-corrected chi connectivity index (χ2v) is 4.20. The first-order valence-corrected chi connectivity index (χ1v) is 5.43. The van der Waals surface area contributed by atoms with Crippen molar-refractivity contribution in [3.8, 4) is 0 Å². The Morgan fingerprint density at radius 3 is 3.00 bits per heavy atom. The van der Waals surface area contributed by atoms with Crippen molar-refractivity contribution in [2.75, 3.05) is 22.6 Å². The fraction of sp³-hybridized carbons (Fsp3) is 0.500. The average molecular weight is 196 g/mol. The summed E-state index contributed by atoms with van der Waals surface area (Å²) in [5.41, 5.74) is 5.43. The number of hydrogen-bond donors (Lipinski definition) is 2. The van der Waals surface area contributed by atoms with Gasteiger partial charge in [0, 0.05) is 11.8 Å². The normalized spacial score (nSPS) is 21.7. The van der Waals surface area contributed by atoms with E-state index in [0.29, 0.717) is 11.9 Å². The van der Waals surface area contributed by atoms with Crippen LogP contribution < -0.4 is 11.1 Å². The predicted octanol–water partition coefficient (Wildman–Crippen LogP) is 0.976. The van der Waals surface area contributed by atoms with E-state index in [1.807, 2.05) is 17.8 Å². The van der Waals surface area contributed by atoms with E-state index in [0.717, 1.165) is 11.6 Å². The Hall–Kier alpha value is -0.970. The third-order valence-electron chi connectivity index (χ3n) is 1.97. The van der Waals surface area contributed by atoms with E-state index in [9.17, 15) is 0 Å². The number of anilines is 2. The maximum atomic E-state index is 5.43. The van der Waals surface area contributed by atoms with Crippen molar-refractivity contribution >= 4 is 23.4 Å². The van der Waals surface area contributed by atoms with Gasteiger partial charge in [-0.3, -0.25) is 0 Å². The largest absolute Gasteiger partial charge is 0.382 e. The Balaban J connectivity index is 1.97. The van der Waals surface area contributed by atoms with Crippen LogP contribution in [0.15, 0.2) is 12.1 Å². The summed E-state index contributed by atoms with van der Waals surface area (Å²) in [6.45, 7) is 0. The molecule has 1 aromatic rings. The molecule has 0 spiro atoms. The van der Waals surface area contributed by atoms with E-state index in [2.05, 4.69) is 15.5 Å². The highest BCUT2D eigenvalue weighted by Gasteiger charge is 2.15. The fourth-order valence-corrected chi connectivity index (χ4v) is 2.43. The standard InChI is InChI=1S/C8H12N4S/c9-7-1-2-8(12-11-7)10-6-3-4-13-5-6/h1-2,6H,3-5H2,(H2,9,11)(H,10,12). The average Bonchev–Trinajstić information content (AvgIpc) is 2.62. The van der Waals surface area contributed by atoms with Crippen molar-refractivity contribution in [3.63, 3.8) is 0 Å². The van der Waals surface area contributed by atoms with Crippen LogP contribution in [0.25, 0.3) is 0 Å². The number of rotatable bonds is 2. The zero-order valence-corrected chi connectivity index (χ0v) is 8.05. The van der Waals surface area contributed by atoms with Gasteiger partial charge >= 0.3 is 0 Å². The molecule has 1 fully saturated rings. The van der Waals surface area contributed by atoms with Crippen molar-refractivity contribution in [1.82, 2.24) is 10.2 Å². The van der Waals surface area contributed by atoms with E-state index in [1.165, 1.54) is 12.2 Å². The summed E-state index contributed by atoms with van der Waals surface area (Å²) < 4.78 is 0. The first-order chi connectivity index (χ1) is 6.34. The van der Waals surface area contributed by atoms with Gasteiger partial charge in [-0.1, -0.05) is 0 Å². The van der Waals surface area contributed by atoms with Crippen LogP contribution in [0.1, 0.15) is 6.42 Å². The van der Waals surface area contributed by atoms with Crippen molar-refractivity contribution in [2.45, 2.75) is 12.5 Å². The summed E-state index contributed by atoms with van der Waals surface area (Å²) in [7, 11) is 0. The predicted molar refractivity (Wildman–Crippen MR) is 55.8 cm³/mol. The topological polar surface area (TPSA) is 63.8 Å². The maximum absolute atomic E-state index is 5.43. The third-order valence-corrected chi connectivity index (χ3v) is 3.13. The molecule has 1 aliphatic heterocycles. The van der Waals surface area contributed by atoms with Crippen LogP contribution in [0.4, 0.5) is 11.6 Å². The summed E-state index contributed by atoms with van der Waals surface area (Å²) in [5.74, 6) is 3.68. The molecule has 13 heavy (non-hydrogen) atoms. The van der Waals surface area contributed by atoms with Gasteiger partial charge in [0.15, 0.2) is 0 Å². The van der Waals surface area contributed by atoms with Crippen LogP contribution in [0.2, 0.25) is 0 Å². The number of aromatic nitrogens is 2. The summed E-state index contributed by atoms with van der Waals surface area (Å²) in [6, 6.07) is 4.17. The van der Waals surface area contributed by atoms with Crippen LogP contribution in [0.3, 0.4) is 0 Å². The molecule has 0 radical (unpaired) electrons. The summed E-state index contributed by atoms with van der Waals surface area (Å²) >= 11 is 1.97. The molecule has 2 rings (SSSR count). The van der Waals surface area contributed by atoms with Crippen LogP contribution in [-0.2, 0) is 0 Å². The molecule has 1 saturated heterocycles. The van der Waals surface area contributed by atoms with Gasteiger partial charge in [0.25, 0.3) is 0 Å². The Morgan fingerprint density at radius 1 is 1.46 bits per heavy atom. The highest BCUT2D eigenvalue weighted by Crippen LogP contribution is 2.20. The molecule has 2 heterocycles. The number of nitrogen functional groups attached to an aromatic ring is 1. The number of nitrogens with zero attached hydrogens (tertiary/aromatic N) is 2. The zero-order valence-electron chi connectivity index (χ0n) is 7.23. The molecule has 1 aromatic heterocycles. The second-order valence-electron chi connectivity index (χ2n) is 3.05. The molecule has 5 heteroatoms. The maximum Gasteiger partial charge on any atom is 0.149 e. The molecule has 0 aromatic carbocycles. The lowest BCUT2D eigenvalue weighted by Crippen LogP contribution is -2.19. The summed E-state index contributed by atoms with van der Waals surface area (Å²) in [4.78, 5) is 0. The highest BCUT2D eigenvalue weighted by molar-refractivity contribution is 7.99. The van der Waals surface area contributed by atoms with Gasteiger partial charge in [-0.25, -0.2) is 0 Å². The Bertz CT molecular complexity index is 268. The van der Waals surface area contributed by atoms with Gasteiger partial charge in [-0.2, -0.15) is 11.8 Å². The minimum Gasteiger partial charge on any atom is -0.382 e. The lowest BCUT2D eigenvalue weighted by Gasteiger charge is -2.10. The molecule has 70 valence electrons. The molecule has 0 aliphatic carbocycles. The number of nitrogens with one attached hydrogen (secondary N) is 1. The van der Waals surface area contributed by atoms with Gasteiger partial charge in [0.1, 0.15) is 11.6 Å². The zero-order chi connectivity index (χ0) is 9.10. The van der Waals surface area contributed by atoms with Crippen molar-refractivity contribution < 1.29 is 0 Å². The Labute approximate surface area is 81.3 Å². The van der Waals surface area contributed by atoms with Gasteiger partial charge in [0.2, 0.25) is 0 Å². The van der Waals surface area contributed by atoms with Gasteiger partial charge in [-0.15, -0.1) is 10.2 Å². The van der Waals surface area contributed by atoms with Crippen LogP contribution in [-0.4, -0.2) is 27.7 Å². The Kier molecular flexibility index (Phi) is 2.54. The lowest BCUT2D eigenvalue weighted by molar-refractivity contribution is 0.800. The minimum atomic E-state index is 0.464. The number of nitrogens with two attached hydrogens (primary N) is 1. The highest BCUT2D eigenvalue weighted by atomic mass is 32.2. The third kappa shape index (κ3) is 2.24. The second kappa shape index (κ2) is 3.83. The Morgan fingerprint density at radius 2 is 2.38 bits per heavy atom. The molecule has 0 amide bonds. The molecule has 0 bridgehead atoms. The number of thioether (sulfide) groups is 1. The summed E-state index contributed by atoms with van der Waals surface area (Å²) in [6.07, 6.45) is 1.21. The quantitative estimate of drug-likeness (QED) is 0.738. The fourth-order valence-electron chi connectivity index (χ4n) is 1.28. The van der Waals surface area contributed by atoms with E-state index in [-0.39, 0.29) is 0 Å². The van der Waals surface area contributed by atoms with E-state index in [4.69, 9.17) is 5.73 Å². The van der Waals surface area contributed by atoms with Crippen LogP contribution in [0, 0.1) is 0 Å². The SMILES string of the molecule is Nc1ccc(NC2CCSC2)nn1. The molecule has 1 aliphatic rings. The molecule has 1 unspecified atom stereocenters. The number of hydrogen-bond acceptors (Lipinski definition) is 5. The molecule has 1 atom stereocenters. The first-order valence-electron chi connectivity index (χ1n) is 4.28. The van der Waals surface area contributed by atoms with E-state index >= 15 is 0 Å². The molecule has 3 N–H and O–H groups in total. The van der Waals surface area contributed by atoms with Crippen molar-refractivity contribution in [2.24, 2.45) is 0 Å². The van der Waals surface area contributed by atoms with Crippen LogP contribution in [0.5, 0.6) is 0 Å². The summed E-state index contributed by atoms with van der Waals surface area (Å²) in [5, 5.41) is 11.0. The molecule has 0 saturated carbocycles. The minimum absolute atomic E-state index is 0.464. The van der Waals surface area contributed by atoms with E-state index in [1.54, 1.807) is 6.07 Å². The molecular formula is C8H12N4S. The van der Waals surface area contributed by atoms with Crippen molar-refractivity contribution in [3.05, 3.63) is 12.1 Å². The van der Waals surface area contributed by atoms with Crippen molar-refractivity contribution in [1.29, 1.82) is 0 Å². The smallest absolute Gasteiger partial charge is 0.149 e. The van der Waals surface area contributed by atoms with Gasteiger partial charge in [0.05, 0.1) is 0 Å². The molecule has 4 nitrogen and oxygen atoms in total. The monoisotopic (exact) mass is 196 g/mol. The van der Waals surface area contributed by atoms with Gasteiger partial charge < -0.3 is 11.1 Å². The molecular weight excluding hydrogens is 184 g/mol. The van der Waals surface area contributed by atoms with Gasteiger partial charge in [-0.05, 0) is 24.3 Å².